The van der Waals surface area contributed by atoms with Gasteiger partial charge in [0.1, 0.15) is 0 Å². The summed E-state index contributed by atoms with van der Waals surface area (Å²) < 4.78 is 0. The molecule has 5 aliphatic rings. The number of fused-ring (bicyclic) bond motifs is 7. The van der Waals surface area contributed by atoms with Crippen molar-refractivity contribution in [1.82, 2.24) is 0 Å². The molecule has 0 spiro atoms. The van der Waals surface area contributed by atoms with E-state index in [2.05, 4.69) is 33.8 Å². The summed E-state index contributed by atoms with van der Waals surface area (Å²) in [5, 5.41) is 9.32. The third-order valence-electron chi connectivity index (χ3n) is 12.3. The van der Waals surface area contributed by atoms with E-state index in [0.29, 0.717) is 22.3 Å². The van der Waals surface area contributed by atoms with Crippen LogP contribution in [0.15, 0.2) is 30.3 Å². The van der Waals surface area contributed by atoms with Crippen molar-refractivity contribution in [1.29, 1.82) is 0 Å². The summed E-state index contributed by atoms with van der Waals surface area (Å²) in [6.07, 6.45) is 17.0. The second kappa shape index (κ2) is 7.71. The summed E-state index contributed by atoms with van der Waals surface area (Å²) in [6.45, 7) is 10.2. The number of aromatic carboxylic acids is 1. The molecule has 1 aromatic carbocycles. The molecule has 0 bridgehead atoms. The van der Waals surface area contributed by atoms with Crippen molar-refractivity contribution in [2.75, 3.05) is 0 Å². The molecule has 6 rings (SSSR count). The average molecular weight is 461 g/mol. The standard InChI is InChI=1S/C32H44O2/c1-30(2)25(20-7-9-21(10-8-20)29(33)34)16-19-32(4)27-13-11-23-22(24(27)12-14-28(30)32)15-18-31(3)17-5-6-26(23)31/h7-10,16,22-24,26-28H,5-6,11-15,17-19H2,1-4H3,(H,33,34)/t22?,23?,24?,26?,27?,28?,31-,32-/m1/s1. The molecule has 4 fully saturated rings. The molecule has 184 valence electrons. The summed E-state index contributed by atoms with van der Waals surface area (Å²) >= 11 is 0. The van der Waals surface area contributed by atoms with E-state index in [4.69, 9.17) is 0 Å². The Hall–Kier alpha value is -1.57. The Kier molecular flexibility index (Phi) is 5.19. The van der Waals surface area contributed by atoms with E-state index in [0.717, 1.165) is 29.6 Å². The monoisotopic (exact) mass is 460 g/mol. The minimum atomic E-state index is -0.842. The Balaban J connectivity index is 1.29. The van der Waals surface area contributed by atoms with Gasteiger partial charge in [0.15, 0.2) is 0 Å². The molecule has 4 saturated carbocycles. The highest BCUT2D eigenvalue weighted by atomic mass is 16.4. The molecule has 5 aliphatic carbocycles. The van der Waals surface area contributed by atoms with Crippen LogP contribution >= 0.6 is 0 Å². The van der Waals surface area contributed by atoms with Crippen LogP contribution in [-0.4, -0.2) is 11.1 Å². The molecule has 0 amide bonds. The van der Waals surface area contributed by atoms with Gasteiger partial charge in [0.2, 0.25) is 0 Å². The van der Waals surface area contributed by atoms with E-state index >= 15 is 0 Å². The summed E-state index contributed by atoms with van der Waals surface area (Å²) in [6, 6.07) is 7.63. The zero-order valence-corrected chi connectivity index (χ0v) is 21.8. The first kappa shape index (κ1) is 22.9. The number of carboxylic acid groups (broad SMARTS) is 1. The fraction of sp³-hybridized carbons (Fsp3) is 0.719. The fourth-order valence-electron chi connectivity index (χ4n) is 10.9. The lowest BCUT2D eigenvalue weighted by atomic mass is 9.41. The lowest BCUT2D eigenvalue weighted by Crippen LogP contribution is -2.56. The van der Waals surface area contributed by atoms with E-state index in [1.54, 1.807) is 12.1 Å². The Morgan fingerprint density at radius 1 is 0.824 bits per heavy atom. The average Bonchev–Trinajstić information content (AvgIpc) is 3.20. The molecule has 8 atom stereocenters. The van der Waals surface area contributed by atoms with Gasteiger partial charge in [-0.05, 0) is 133 Å². The molecule has 0 aliphatic heterocycles. The van der Waals surface area contributed by atoms with Crippen molar-refractivity contribution >= 4 is 11.5 Å². The number of hydrogen-bond donors (Lipinski definition) is 1. The highest BCUT2D eigenvalue weighted by Crippen LogP contribution is 2.69. The number of carboxylic acids is 1. The third kappa shape index (κ3) is 3.15. The minimum Gasteiger partial charge on any atom is -0.478 e. The van der Waals surface area contributed by atoms with E-state index in [-0.39, 0.29) is 5.41 Å². The van der Waals surface area contributed by atoms with Gasteiger partial charge in [0.25, 0.3) is 0 Å². The number of allylic oxidation sites excluding steroid dienone is 2. The van der Waals surface area contributed by atoms with Gasteiger partial charge in [-0.1, -0.05) is 52.3 Å². The predicted molar refractivity (Wildman–Crippen MR) is 138 cm³/mol. The maximum Gasteiger partial charge on any atom is 0.335 e. The maximum absolute atomic E-state index is 11.3. The van der Waals surface area contributed by atoms with Gasteiger partial charge in [0.05, 0.1) is 5.56 Å². The molecule has 1 aromatic rings. The predicted octanol–water partition coefficient (Wildman–Crippen LogP) is 8.47. The Bertz CT molecular complexity index is 1000. The summed E-state index contributed by atoms with van der Waals surface area (Å²) in [7, 11) is 0. The number of benzene rings is 1. The second-order valence-electron chi connectivity index (χ2n) is 13.9. The summed E-state index contributed by atoms with van der Waals surface area (Å²) in [5.74, 6) is 4.71. The van der Waals surface area contributed by atoms with Crippen LogP contribution in [0.25, 0.3) is 5.57 Å². The normalized spacial score (nSPS) is 44.8. The Labute approximate surface area is 206 Å². The highest BCUT2D eigenvalue weighted by molar-refractivity contribution is 5.88. The van der Waals surface area contributed by atoms with Gasteiger partial charge < -0.3 is 5.11 Å². The first-order valence-corrected chi connectivity index (χ1v) is 14.2. The van der Waals surface area contributed by atoms with E-state index in [1.165, 1.54) is 75.3 Å². The number of rotatable bonds is 2. The molecule has 1 N–H and O–H groups in total. The molecule has 2 nitrogen and oxygen atoms in total. The minimum absolute atomic E-state index is 0.121. The van der Waals surface area contributed by atoms with Crippen molar-refractivity contribution < 1.29 is 9.90 Å². The molecule has 2 heteroatoms. The molecule has 0 aromatic heterocycles. The van der Waals surface area contributed by atoms with Crippen LogP contribution in [0, 0.1) is 51.8 Å². The lowest BCUT2D eigenvalue weighted by Gasteiger charge is -2.64. The quantitative estimate of drug-likeness (QED) is 0.480. The first-order valence-electron chi connectivity index (χ1n) is 14.2. The van der Waals surface area contributed by atoms with Crippen molar-refractivity contribution in [3.05, 3.63) is 41.5 Å². The summed E-state index contributed by atoms with van der Waals surface area (Å²) in [5.41, 5.74) is 4.23. The number of carbonyl (C=O) groups is 1. The van der Waals surface area contributed by atoms with Crippen LogP contribution in [-0.2, 0) is 0 Å². The summed E-state index contributed by atoms with van der Waals surface area (Å²) in [4.78, 5) is 11.3. The van der Waals surface area contributed by atoms with Gasteiger partial charge in [-0.3, -0.25) is 0 Å². The molecule has 6 unspecified atom stereocenters. The Morgan fingerprint density at radius 3 is 2.26 bits per heavy atom. The fourth-order valence-corrected chi connectivity index (χ4v) is 10.9. The van der Waals surface area contributed by atoms with Crippen molar-refractivity contribution in [3.63, 3.8) is 0 Å². The zero-order chi connectivity index (χ0) is 23.9. The van der Waals surface area contributed by atoms with Crippen molar-refractivity contribution in [3.8, 4) is 0 Å². The molecule has 0 radical (unpaired) electrons. The van der Waals surface area contributed by atoms with Crippen molar-refractivity contribution in [2.45, 2.75) is 91.9 Å². The van der Waals surface area contributed by atoms with Crippen LogP contribution in [0.4, 0.5) is 0 Å². The van der Waals surface area contributed by atoms with Crippen LogP contribution < -0.4 is 0 Å². The van der Waals surface area contributed by atoms with Gasteiger partial charge in [-0.15, -0.1) is 0 Å². The molecule has 0 heterocycles. The third-order valence-corrected chi connectivity index (χ3v) is 12.3. The van der Waals surface area contributed by atoms with E-state index in [1.807, 2.05) is 12.1 Å². The molecule has 0 saturated heterocycles. The first-order chi connectivity index (χ1) is 16.1. The van der Waals surface area contributed by atoms with E-state index in [9.17, 15) is 9.90 Å². The Morgan fingerprint density at radius 2 is 1.53 bits per heavy atom. The van der Waals surface area contributed by atoms with Crippen LogP contribution in [0.1, 0.15) is 108 Å². The number of hydrogen-bond acceptors (Lipinski definition) is 1. The molecule has 34 heavy (non-hydrogen) atoms. The largest absolute Gasteiger partial charge is 0.478 e. The molecular weight excluding hydrogens is 416 g/mol. The smallest absolute Gasteiger partial charge is 0.335 e. The molecular formula is C32H44O2. The van der Waals surface area contributed by atoms with Crippen LogP contribution in [0.3, 0.4) is 0 Å². The van der Waals surface area contributed by atoms with Crippen LogP contribution in [0.5, 0.6) is 0 Å². The maximum atomic E-state index is 11.3. The van der Waals surface area contributed by atoms with Gasteiger partial charge in [0, 0.05) is 0 Å². The highest BCUT2D eigenvalue weighted by Gasteiger charge is 2.60. The van der Waals surface area contributed by atoms with Gasteiger partial charge in [-0.25, -0.2) is 4.79 Å². The lowest BCUT2D eigenvalue weighted by molar-refractivity contribution is -0.127. The zero-order valence-electron chi connectivity index (χ0n) is 21.8. The van der Waals surface area contributed by atoms with Gasteiger partial charge >= 0.3 is 5.97 Å². The topological polar surface area (TPSA) is 37.3 Å². The second-order valence-corrected chi connectivity index (χ2v) is 13.9. The van der Waals surface area contributed by atoms with Crippen molar-refractivity contribution in [2.24, 2.45) is 51.8 Å². The van der Waals surface area contributed by atoms with Gasteiger partial charge in [-0.2, -0.15) is 0 Å². The van der Waals surface area contributed by atoms with E-state index < -0.39 is 5.97 Å². The van der Waals surface area contributed by atoms with Crippen LogP contribution in [0.2, 0.25) is 0 Å². The SMILES string of the molecule is CC1(C)C(c2ccc(C(=O)O)cc2)=CC[C@]2(C)C3CCC4C(CC[C@@]5(C)CCCC45)C3CCC12.